The number of thiocarbonyl (C=S) groups is 1. The lowest BCUT2D eigenvalue weighted by molar-refractivity contribution is -0.124. The van der Waals surface area contributed by atoms with Gasteiger partial charge in [0.2, 0.25) is 5.91 Å². The fourth-order valence-electron chi connectivity index (χ4n) is 4.43. The Kier molecular flexibility index (Phi) is 5.94. The molecule has 164 valence electrons. The minimum atomic E-state index is -0.794. The number of primary amides is 1. The van der Waals surface area contributed by atoms with Gasteiger partial charge in [0.25, 0.3) is 5.91 Å². The molecule has 4 rings (SSSR count). The highest BCUT2D eigenvalue weighted by Crippen LogP contribution is 2.47. The average molecular weight is 451 g/mol. The van der Waals surface area contributed by atoms with Crippen molar-refractivity contribution in [2.45, 2.75) is 50.7 Å². The van der Waals surface area contributed by atoms with Crippen molar-refractivity contribution in [3.05, 3.63) is 59.2 Å². The van der Waals surface area contributed by atoms with Crippen LogP contribution in [0.1, 0.15) is 48.8 Å². The highest BCUT2D eigenvalue weighted by atomic mass is 32.1. The summed E-state index contributed by atoms with van der Waals surface area (Å²) in [7, 11) is 0. The van der Waals surface area contributed by atoms with E-state index in [1.165, 1.54) is 17.0 Å². The number of alkyl halides is 1. The van der Waals surface area contributed by atoms with Crippen LogP contribution in [0.2, 0.25) is 0 Å². The van der Waals surface area contributed by atoms with Crippen LogP contribution in [0, 0.1) is 11.3 Å². The Morgan fingerprint density at radius 3 is 2.44 bits per heavy atom. The zero-order valence-corrected chi connectivity index (χ0v) is 18.3. The summed E-state index contributed by atoms with van der Waals surface area (Å²) in [5.41, 5.74) is 7.33. The molecule has 2 N–H and O–H groups in total. The fraction of sp³-hybridized carbons (Fsp3) is 0.333. The summed E-state index contributed by atoms with van der Waals surface area (Å²) in [5.74, 6) is -0.429. The predicted octanol–water partition coefficient (Wildman–Crippen LogP) is 3.90. The lowest BCUT2D eigenvalue weighted by Gasteiger charge is -2.43. The van der Waals surface area contributed by atoms with E-state index in [9.17, 15) is 19.2 Å². The largest absolute Gasteiger partial charge is 0.370 e. The van der Waals surface area contributed by atoms with E-state index in [2.05, 4.69) is 0 Å². The van der Waals surface area contributed by atoms with Crippen molar-refractivity contribution in [2.75, 3.05) is 9.80 Å². The van der Waals surface area contributed by atoms with Crippen LogP contribution in [-0.2, 0) is 22.7 Å². The summed E-state index contributed by atoms with van der Waals surface area (Å²) < 4.78 is 13.5. The number of halogens is 1. The summed E-state index contributed by atoms with van der Waals surface area (Å²) in [4.78, 5) is 27.9. The maximum atomic E-state index is 13.5. The van der Waals surface area contributed by atoms with Gasteiger partial charge in [0.05, 0.1) is 17.3 Å². The molecule has 2 aromatic rings. The molecule has 2 amide bonds. The van der Waals surface area contributed by atoms with Gasteiger partial charge in [-0.1, -0.05) is 12.1 Å². The SMILES string of the molecule is N#Cc1ccc(N2C(=O)C3(CCC3)N(c3ccc(CCCC(N)=O)cc3)C2=S)cc1CF. The van der Waals surface area contributed by atoms with E-state index in [-0.39, 0.29) is 22.9 Å². The van der Waals surface area contributed by atoms with Gasteiger partial charge in [-0.25, -0.2) is 4.39 Å². The van der Waals surface area contributed by atoms with Crippen LogP contribution in [-0.4, -0.2) is 22.5 Å². The molecule has 0 bridgehead atoms. The van der Waals surface area contributed by atoms with Crippen molar-refractivity contribution < 1.29 is 14.0 Å². The monoisotopic (exact) mass is 450 g/mol. The molecule has 2 aliphatic rings. The Balaban J connectivity index is 1.64. The molecule has 6 nitrogen and oxygen atoms in total. The molecule has 1 spiro atoms. The number of carbonyl (C=O) groups excluding carboxylic acids is 2. The normalized spacial score (nSPS) is 16.9. The number of hydrogen-bond acceptors (Lipinski definition) is 4. The molecule has 1 aliphatic heterocycles. The van der Waals surface area contributed by atoms with Crippen LogP contribution in [0.3, 0.4) is 0 Å². The van der Waals surface area contributed by atoms with Gasteiger partial charge in [-0.05, 0) is 80.2 Å². The average Bonchev–Trinajstić information content (AvgIpc) is 3.00. The first-order chi connectivity index (χ1) is 15.4. The Morgan fingerprint density at radius 2 is 1.88 bits per heavy atom. The zero-order chi connectivity index (χ0) is 22.9. The number of anilines is 2. The number of aryl methyl sites for hydroxylation is 1. The van der Waals surface area contributed by atoms with Crippen LogP contribution < -0.4 is 15.5 Å². The van der Waals surface area contributed by atoms with Crippen LogP contribution in [0.25, 0.3) is 0 Å². The highest BCUT2D eigenvalue weighted by Gasteiger charge is 2.59. The van der Waals surface area contributed by atoms with E-state index in [0.717, 1.165) is 24.1 Å². The van der Waals surface area contributed by atoms with Crippen LogP contribution >= 0.6 is 12.2 Å². The van der Waals surface area contributed by atoms with Crippen molar-refractivity contribution in [1.82, 2.24) is 0 Å². The number of hydrogen-bond donors (Lipinski definition) is 1. The van der Waals surface area contributed by atoms with Gasteiger partial charge in [0, 0.05) is 17.7 Å². The lowest BCUT2D eigenvalue weighted by atomic mass is 9.75. The Labute approximate surface area is 191 Å². The van der Waals surface area contributed by atoms with Crippen molar-refractivity contribution in [3.8, 4) is 6.07 Å². The molecule has 0 unspecified atom stereocenters. The second-order valence-electron chi connectivity index (χ2n) is 8.22. The number of rotatable bonds is 7. The number of nitriles is 1. The molecule has 0 atom stereocenters. The quantitative estimate of drug-likeness (QED) is 0.646. The second-order valence-corrected chi connectivity index (χ2v) is 8.58. The van der Waals surface area contributed by atoms with Gasteiger partial charge in [0.15, 0.2) is 5.11 Å². The Bertz CT molecular complexity index is 1120. The van der Waals surface area contributed by atoms with Crippen molar-refractivity contribution in [2.24, 2.45) is 5.73 Å². The maximum Gasteiger partial charge on any atom is 0.259 e. The smallest absolute Gasteiger partial charge is 0.259 e. The van der Waals surface area contributed by atoms with Gasteiger partial charge >= 0.3 is 0 Å². The van der Waals surface area contributed by atoms with E-state index in [0.29, 0.717) is 36.5 Å². The summed E-state index contributed by atoms with van der Waals surface area (Å²) in [5, 5.41) is 9.53. The molecule has 32 heavy (non-hydrogen) atoms. The lowest BCUT2D eigenvalue weighted by Crippen LogP contribution is -2.55. The standard InChI is InChI=1S/C24H23FN4O2S/c25-14-18-13-20(10-7-17(18)15-26)28-22(31)24(11-2-12-24)29(23(28)32)19-8-5-16(6-9-19)3-1-4-21(27)30/h5-10,13H,1-4,11-12,14H2,(H2,27,30). The zero-order valence-electron chi connectivity index (χ0n) is 17.5. The van der Waals surface area contributed by atoms with E-state index < -0.39 is 12.2 Å². The third-order valence-corrected chi connectivity index (χ3v) is 6.65. The van der Waals surface area contributed by atoms with Gasteiger partial charge in [0.1, 0.15) is 12.2 Å². The van der Waals surface area contributed by atoms with Crippen LogP contribution in [0.5, 0.6) is 0 Å². The third kappa shape index (κ3) is 3.63. The minimum Gasteiger partial charge on any atom is -0.370 e. The molecule has 1 saturated carbocycles. The molecular weight excluding hydrogens is 427 g/mol. The molecule has 0 aromatic heterocycles. The highest BCUT2D eigenvalue weighted by molar-refractivity contribution is 7.81. The van der Waals surface area contributed by atoms with E-state index in [1.54, 1.807) is 6.07 Å². The van der Waals surface area contributed by atoms with Gasteiger partial charge in [-0.15, -0.1) is 0 Å². The first-order valence-corrected chi connectivity index (χ1v) is 11.0. The summed E-state index contributed by atoms with van der Waals surface area (Å²) in [6.07, 6.45) is 4.07. The Hall–Kier alpha value is -3.31. The fourth-order valence-corrected chi connectivity index (χ4v) is 4.89. The second kappa shape index (κ2) is 8.67. The molecule has 0 radical (unpaired) electrons. The molecule has 8 heteroatoms. The van der Waals surface area contributed by atoms with E-state index in [4.69, 9.17) is 18.0 Å². The number of nitrogens with two attached hydrogens (primary N) is 1. The predicted molar refractivity (Wildman–Crippen MR) is 124 cm³/mol. The van der Waals surface area contributed by atoms with Gasteiger partial charge < -0.3 is 10.6 Å². The summed E-state index contributed by atoms with van der Waals surface area (Å²) >= 11 is 5.75. The van der Waals surface area contributed by atoms with Crippen molar-refractivity contribution in [3.63, 3.8) is 0 Å². The molecule has 1 aliphatic carbocycles. The molecule has 1 saturated heterocycles. The van der Waals surface area contributed by atoms with E-state index >= 15 is 0 Å². The van der Waals surface area contributed by atoms with Crippen LogP contribution in [0.4, 0.5) is 15.8 Å². The van der Waals surface area contributed by atoms with Crippen molar-refractivity contribution >= 4 is 40.5 Å². The first-order valence-electron chi connectivity index (χ1n) is 10.6. The third-order valence-electron chi connectivity index (χ3n) is 6.29. The summed E-state index contributed by atoms with van der Waals surface area (Å²) in [6.45, 7) is -0.794. The minimum absolute atomic E-state index is 0.117. The topological polar surface area (TPSA) is 90.4 Å². The van der Waals surface area contributed by atoms with E-state index in [1.807, 2.05) is 35.2 Å². The number of amides is 2. The summed E-state index contributed by atoms with van der Waals surface area (Å²) in [6, 6.07) is 14.5. The van der Waals surface area contributed by atoms with Gasteiger partial charge in [-0.2, -0.15) is 5.26 Å². The van der Waals surface area contributed by atoms with Gasteiger partial charge in [-0.3, -0.25) is 14.5 Å². The first kappa shape index (κ1) is 21.9. The van der Waals surface area contributed by atoms with Crippen molar-refractivity contribution in [1.29, 1.82) is 5.26 Å². The molecular formula is C24H23FN4O2S. The molecule has 2 aromatic carbocycles. The number of carbonyl (C=O) groups is 2. The van der Waals surface area contributed by atoms with Crippen LogP contribution in [0.15, 0.2) is 42.5 Å². The molecule has 2 fully saturated rings. The maximum absolute atomic E-state index is 13.5. The Morgan fingerprint density at radius 1 is 1.19 bits per heavy atom. The molecule has 1 heterocycles. The number of benzene rings is 2. The number of nitrogens with zero attached hydrogens (tertiary/aromatic N) is 3.